The molecule has 2 atom stereocenters. The maximum Gasteiger partial charge on any atom is 0.334 e. The van der Waals surface area contributed by atoms with E-state index in [0.717, 1.165) is 6.08 Å². The molecule has 0 aliphatic heterocycles. The van der Waals surface area contributed by atoms with Crippen LogP contribution in [0.1, 0.15) is 70.1 Å². The summed E-state index contributed by atoms with van der Waals surface area (Å²) in [7, 11) is 0. The Labute approximate surface area is 196 Å². The first-order valence-electron chi connectivity index (χ1n) is 11.6. The summed E-state index contributed by atoms with van der Waals surface area (Å²) in [5.74, 6) is -1.09. The number of ether oxygens (including phenoxy) is 2. The van der Waals surface area contributed by atoms with Crippen LogP contribution in [-0.4, -0.2) is 30.3 Å². The van der Waals surface area contributed by atoms with Gasteiger partial charge in [0.15, 0.2) is 0 Å². The molecule has 33 heavy (non-hydrogen) atoms. The highest BCUT2D eigenvalue weighted by molar-refractivity contribution is 5.82. The highest BCUT2D eigenvalue weighted by Crippen LogP contribution is 2.49. The number of fused-ring (bicyclic) bond motifs is 3. The molecule has 2 unspecified atom stereocenters. The molecule has 0 amide bonds. The van der Waals surface area contributed by atoms with Crippen LogP contribution in [0.15, 0.2) is 54.3 Å². The molecule has 0 aromatic heterocycles. The van der Waals surface area contributed by atoms with Gasteiger partial charge in [0.1, 0.15) is 13.2 Å². The molecule has 0 heterocycles. The van der Waals surface area contributed by atoms with Gasteiger partial charge in [-0.2, -0.15) is 0 Å². The normalized spacial score (nSPS) is 15.8. The molecule has 5 heteroatoms. The predicted molar refractivity (Wildman–Crippen MR) is 129 cm³/mol. The van der Waals surface area contributed by atoms with Gasteiger partial charge >= 0.3 is 11.9 Å². The van der Waals surface area contributed by atoms with Gasteiger partial charge in [-0.25, -0.2) is 4.79 Å². The van der Waals surface area contributed by atoms with Crippen molar-refractivity contribution in [2.24, 2.45) is 5.92 Å². The van der Waals surface area contributed by atoms with Crippen LogP contribution in [0.25, 0.3) is 11.1 Å². The van der Waals surface area contributed by atoms with Crippen molar-refractivity contribution in [1.82, 2.24) is 0 Å². The molecule has 1 aliphatic rings. The van der Waals surface area contributed by atoms with Crippen LogP contribution in [0.4, 0.5) is 0 Å². The number of allylic oxidation sites excluding steroid dienone is 1. The Balaban J connectivity index is 1.62. The van der Waals surface area contributed by atoms with Gasteiger partial charge in [-0.05, 0) is 53.5 Å². The van der Waals surface area contributed by atoms with E-state index in [9.17, 15) is 9.59 Å². The minimum atomic E-state index is -0.659. The van der Waals surface area contributed by atoms with Crippen molar-refractivity contribution in [3.8, 4) is 11.1 Å². The van der Waals surface area contributed by atoms with Crippen LogP contribution in [0.2, 0.25) is 0 Å². The third-order valence-electron chi connectivity index (χ3n) is 6.54. The Morgan fingerprint density at radius 3 is 2.39 bits per heavy atom. The van der Waals surface area contributed by atoms with E-state index in [-0.39, 0.29) is 42.2 Å². The molecule has 2 aromatic rings. The SMILES string of the molecule is CCC(CC(C)c1ccc2c(c1)C(C)(C)c1ccccc1-2)C(=O)OCCOC(=O)C=C(C)O. The second kappa shape index (κ2) is 10.2. The lowest BCUT2D eigenvalue weighted by molar-refractivity contribution is -0.153. The molecular weight excluding hydrogens is 416 g/mol. The number of hydrogen-bond donors (Lipinski definition) is 1. The van der Waals surface area contributed by atoms with Gasteiger partial charge in [0.2, 0.25) is 0 Å². The minimum Gasteiger partial charge on any atom is -0.512 e. The second-order valence-electron chi connectivity index (χ2n) is 9.34. The molecule has 2 aromatic carbocycles. The van der Waals surface area contributed by atoms with E-state index >= 15 is 0 Å². The van der Waals surface area contributed by atoms with E-state index in [1.54, 1.807) is 0 Å². The van der Waals surface area contributed by atoms with Crippen molar-refractivity contribution in [2.75, 3.05) is 13.2 Å². The fourth-order valence-electron chi connectivity index (χ4n) is 4.64. The number of rotatable bonds is 9. The summed E-state index contributed by atoms with van der Waals surface area (Å²) >= 11 is 0. The summed E-state index contributed by atoms with van der Waals surface area (Å²) in [4.78, 5) is 24.0. The van der Waals surface area contributed by atoms with Gasteiger partial charge in [0.25, 0.3) is 0 Å². The van der Waals surface area contributed by atoms with Crippen molar-refractivity contribution < 1.29 is 24.2 Å². The third kappa shape index (κ3) is 5.47. The van der Waals surface area contributed by atoms with E-state index in [1.165, 1.54) is 34.7 Å². The van der Waals surface area contributed by atoms with E-state index < -0.39 is 5.97 Å². The van der Waals surface area contributed by atoms with E-state index in [2.05, 4.69) is 63.2 Å². The monoisotopic (exact) mass is 450 g/mol. The standard InChI is InChI=1S/C28H34O5/c1-6-20(27(31)33-14-13-32-26(30)16-19(3)29)15-18(2)21-11-12-23-22-9-7-8-10-24(22)28(4,5)25(23)17-21/h7-12,16-18,20,29H,6,13-15H2,1-5H3. The fraction of sp³-hybridized carbons (Fsp3) is 0.429. The zero-order valence-corrected chi connectivity index (χ0v) is 20.2. The molecule has 0 saturated heterocycles. The molecule has 0 fully saturated rings. The number of hydrogen-bond acceptors (Lipinski definition) is 5. The van der Waals surface area contributed by atoms with E-state index in [0.29, 0.717) is 12.8 Å². The number of carbonyl (C=O) groups is 2. The smallest absolute Gasteiger partial charge is 0.334 e. The highest BCUT2D eigenvalue weighted by Gasteiger charge is 2.35. The zero-order valence-electron chi connectivity index (χ0n) is 20.2. The minimum absolute atomic E-state index is 0.000929. The average Bonchev–Trinajstić information content (AvgIpc) is 3.01. The lowest BCUT2D eigenvalue weighted by Crippen LogP contribution is -2.22. The van der Waals surface area contributed by atoms with Crippen molar-refractivity contribution in [3.05, 3.63) is 71.0 Å². The lowest BCUT2D eigenvalue weighted by Gasteiger charge is -2.24. The Bertz CT molecular complexity index is 1050. The van der Waals surface area contributed by atoms with Crippen molar-refractivity contribution in [2.45, 2.75) is 58.8 Å². The number of aliphatic hydroxyl groups is 1. The first-order valence-corrected chi connectivity index (χ1v) is 11.6. The van der Waals surface area contributed by atoms with Gasteiger partial charge in [-0.3, -0.25) is 4.79 Å². The van der Waals surface area contributed by atoms with Crippen LogP contribution in [0, 0.1) is 5.92 Å². The van der Waals surface area contributed by atoms with Crippen LogP contribution in [0.5, 0.6) is 0 Å². The summed E-state index contributed by atoms with van der Waals surface area (Å²) in [6, 6.07) is 15.3. The van der Waals surface area contributed by atoms with Crippen LogP contribution < -0.4 is 0 Å². The lowest BCUT2D eigenvalue weighted by atomic mass is 9.80. The molecule has 176 valence electrons. The number of esters is 2. The van der Waals surface area contributed by atoms with Gasteiger partial charge in [0, 0.05) is 5.41 Å². The molecule has 1 aliphatic carbocycles. The van der Waals surface area contributed by atoms with Gasteiger partial charge in [-0.1, -0.05) is 70.2 Å². The Morgan fingerprint density at radius 2 is 1.70 bits per heavy atom. The first-order chi connectivity index (χ1) is 15.6. The second-order valence-corrected chi connectivity index (χ2v) is 9.34. The maximum absolute atomic E-state index is 12.6. The molecule has 0 saturated carbocycles. The topological polar surface area (TPSA) is 72.8 Å². The van der Waals surface area contributed by atoms with Crippen LogP contribution in [-0.2, 0) is 24.5 Å². The molecule has 0 bridgehead atoms. The van der Waals surface area contributed by atoms with Crippen molar-refractivity contribution >= 4 is 11.9 Å². The van der Waals surface area contributed by atoms with Gasteiger partial charge in [0.05, 0.1) is 17.8 Å². The summed E-state index contributed by atoms with van der Waals surface area (Å²) in [5, 5.41) is 9.05. The van der Waals surface area contributed by atoms with Crippen molar-refractivity contribution in [3.63, 3.8) is 0 Å². The Hall–Kier alpha value is -3.08. The van der Waals surface area contributed by atoms with Crippen LogP contribution >= 0.6 is 0 Å². The highest BCUT2D eigenvalue weighted by atomic mass is 16.6. The number of carbonyl (C=O) groups excluding carboxylic acids is 2. The Morgan fingerprint density at radius 1 is 1.03 bits per heavy atom. The van der Waals surface area contributed by atoms with E-state index in [4.69, 9.17) is 14.6 Å². The summed E-state index contributed by atoms with van der Waals surface area (Å²) in [6.45, 7) is 10.0. The van der Waals surface area contributed by atoms with Gasteiger partial charge < -0.3 is 14.6 Å². The largest absolute Gasteiger partial charge is 0.512 e. The van der Waals surface area contributed by atoms with Crippen LogP contribution in [0.3, 0.4) is 0 Å². The molecule has 1 N–H and O–H groups in total. The zero-order chi connectivity index (χ0) is 24.2. The Kier molecular flexibility index (Phi) is 7.62. The van der Waals surface area contributed by atoms with Gasteiger partial charge in [-0.15, -0.1) is 0 Å². The molecule has 0 spiro atoms. The number of benzene rings is 2. The van der Waals surface area contributed by atoms with E-state index in [1.807, 2.05) is 6.92 Å². The quantitative estimate of drug-likeness (QED) is 0.218. The third-order valence-corrected chi connectivity index (χ3v) is 6.54. The average molecular weight is 451 g/mol. The number of aliphatic hydroxyl groups excluding tert-OH is 1. The molecule has 5 nitrogen and oxygen atoms in total. The molecule has 3 rings (SSSR count). The molecular formula is C28H34O5. The fourth-order valence-corrected chi connectivity index (χ4v) is 4.64. The summed E-state index contributed by atoms with van der Waals surface area (Å²) < 4.78 is 10.2. The molecule has 0 radical (unpaired) electrons. The predicted octanol–water partition coefficient (Wildman–Crippen LogP) is 6.06. The maximum atomic E-state index is 12.6. The first kappa shape index (κ1) is 24.6. The van der Waals surface area contributed by atoms with Crippen molar-refractivity contribution in [1.29, 1.82) is 0 Å². The summed E-state index contributed by atoms with van der Waals surface area (Å²) in [5.41, 5.74) is 6.45. The summed E-state index contributed by atoms with van der Waals surface area (Å²) in [6.07, 6.45) is 2.35.